The minimum absolute atomic E-state index is 0.115. The Hall–Kier alpha value is -1.69. The molecule has 0 saturated carbocycles. The zero-order chi connectivity index (χ0) is 15.2. The van der Waals surface area contributed by atoms with E-state index in [1.807, 2.05) is 30.3 Å². The number of ether oxygens (including phenoxy) is 1. The molecule has 1 aliphatic rings. The van der Waals surface area contributed by atoms with E-state index in [4.69, 9.17) is 4.74 Å². The molecule has 5 heteroatoms. The van der Waals surface area contributed by atoms with Gasteiger partial charge in [-0.05, 0) is 12.5 Å². The Kier molecular flexibility index (Phi) is 5.50. The summed E-state index contributed by atoms with van der Waals surface area (Å²) in [6, 6.07) is 9.25. The summed E-state index contributed by atoms with van der Waals surface area (Å²) in [6.45, 7) is 2.57. The first-order chi connectivity index (χ1) is 10.1. The lowest BCUT2D eigenvalue weighted by atomic mass is 9.90. The SMILES string of the molecule is CCOC(=O)C1=C[C@H](NCc2ccccc2)[C@@H](O)[C@@H](O)C1. The van der Waals surface area contributed by atoms with Crippen LogP contribution in [0.5, 0.6) is 0 Å². The van der Waals surface area contributed by atoms with Gasteiger partial charge in [0.25, 0.3) is 0 Å². The van der Waals surface area contributed by atoms with E-state index < -0.39 is 24.2 Å². The van der Waals surface area contributed by atoms with Crippen LogP contribution in [0.1, 0.15) is 18.9 Å². The number of esters is 1. The van der Waals surface area contributed by atoms with Crippen molar-refractivity contribution in [3.05, 3.63) is 47.5 Å². The number of hydrogen-bond donors (Lipinski definition) is 3. The van der Waals surface area contributed by atoms with Crippen molar-refractivity contribution in [1.82, 2.24) is 5.32 Å². The maximum absolute atomic E-state index is 11.8. The summed E-state index contributed by atoms with van der Waals surface area (Å²) in [5.41, 5.74) is 1.47. The molecule has 21 heavy (non-hydrogen) atoms. The zero-order valence-electron chi connectivity index (χ0n) is 12.0. The van der Waals surface area contributed by atoms with Gasteiger partial charge >= 0.3 is 5.97 Å². The van der Waals surface area contributed by atoms with Crippen molar-refractivity contribution in [2.75, 3.05) is 6.61 Å². The van der Waals surface area contributed by atoms with Crippen LogP contribution in [0.25, 0.3) is 0 Å². The van der Waals surface area contributed by atoms with E-state index in [2.05, 4.69) is 5.32 Å². The molecule has 0 fully saturated rings. The van der Waals surface area contributed by atoms with Crippen LogP contribution >= 0.6 is 0 Å². The largest absolute Gasteiger partial charge is 0.463 e. The van der Waals surface area contributed by atoms with E-state index >= 15 is 0 Å². The van der Waals surface area contributed by atoms with E-state index in [-0.39, 0.29) is 13.0 Å². The summed E-state index contributed by atoms with van der Waals surface area (Å²) >= 11 is 0. The molecule has 0 heterocycles. The van der Waals surface area contributed by atoms with Crippen molar-refractivity contribution in [1.29, 1.82) is 0 Å². The average molecular weight is 291 g/mol. The highest BCUT2D eigenvalue weighted by Crippen LogP contribution is 2.21. The second kappa shape index (κ2) is 7.36. The normalized spacial score (nSPS) is 25.3. The van der Waals surface area contributed by atoms with Crippen LogP contribution in [0.4, 0.5) is 0 Å². The smallest absolute Gasteiger partial charge is 0.333 e. The van der Waals surface area contributed by atoms with Crippen molar-refractivity contribution in [2.45, 2.75) is 38.1 Å². The highest BCUT2D eigenvalue weighted by atomic mass is 16.5. The quantitative estimate of drug-likeness (QED) is 0.698. The zero-order valence-corrected chi connectivity index (χ0v) is 12.0. The second-order valence-corrected chi connectivity index (χ2v) is 5.07. The van der Waals surface area contributed by atoms with E-state index in [9.17, 15) is 15.0 Å². The number of carbonyl (C=O) groups is 1. The van der Waals surface area contributed by atoms with Crippen LogP contribution in [0, 0.1) is 0 Å². The molecule has 1 aliphatic carbocycles. The summed E-state index contributed by atoms with van der Waals surface area (Å²) in [6.07, 6.45) is -0.142. The molecule has 1 aromatic carbocycles. The van der Waals surface area contributed by atoms with Crippen LogP contribution < -0.4 is 5.32 Å². The molecule has 0 saturated heterocycles. The lowest BCUT2D eigenvalue weighted by molar-refractivity contribution is -0.139. The molecule has 2 rings (SSSR count). The van der Waals surface area contributed by atoms with E-state index in [1.165, 1.54) is 0 Å². The molecule has 1 aromatic rings. The lowest BCUT2D eigenvalue weighted by Gasteiger charge is -2.31. The van der Waals surface area contributed by atoms with Gasteiger partial charge in [0.2, 0.25) is 0 Å². The van der Waals surface area contributed by atoms with Gasteiger partial charge in [0.15, 0.2) is 0 Å². The van der Waals surface area contributed by atoms with Gasteiger partial charge in [-0.25, -0.2) is 4.79 Å². The van der Waals surface area contributed by atoms with Gasteiger partial charge in [0.1, 0.15) is 0 Å². The minimum Gasteiger partial charge on any atom is -0.463 e. The van der Waals surface area contributed by atoms with Crippen LogP contribution in [0.2, 0.25) is 0 Å². The van der Waals surface area contributed by atoms with Crippen LogP contribution in [0.15, 0.2) is 42.0 Å². The summed E-state index contributed by atoms with van der Waals surface area (Å²) in [5.74, 6) is -0.435. The molecule has 3 N–H and O–H groups in total. The Morgan fingerprint density at radius 3 is 2.71 bits per heavy atom. The fraction of sp³-hybridized carbons (Fsp3) is 0.438. The lowest BCUT2D eigenvalue weighted by Crippen LogP contribution is -2.48. The van der Waals surface area contributed by atoms with Gasteiger partial charge in [-0.15, -0.1) is 0 Å². The van der Waals surface area contributed by atoms with Gasteiger partial charge in [0.05, 0.1) is 24.9 Å². The van der Waals surface area contributed by atoms with Gasteiger partial charge in [-0.3, -0.25) is 0 Å². The predicted molar refractivity (Wildman–Crippen MR) is 78.4 cm³/mol. The van der Waals surface area contributed by atoms with Crippen molar-refractivity contribution >= 4 is 5.97 Å². The highest BCUT2D eigenvalue weighted by molar-refractivity contribution is 5.89. The molecule has 0 aromatic heterocycles. The minimum atomic E-state index is -0.970. The van der Waals surface area contributed by atoms with Crippen molar-refractivity contribution in [3.63, 3.8) is 0 Å². The molecule has 0 unspecified atom stereocenters. The van der Waals surface area contributed by atoms with Crippen LogP contribution in [0.3, 0.4) is 0 Å². The number of hydrogen-bond acceptors (Lipinski definition) is 5. The fourth-order valence-corrected chi connectivity index (χ4v) is 2.36. The first-order valence-electron chi connectivity index (χ1n) is 7.13. The Bertz CT molecular complexity index is 500. The predicted octanol–water partition coefficient (Wildman–Crippen LogP) is 0.760. The van der Waals surface area contributed by atoms with Gasteiger partial charge < -0.3 is 20.3 Å². The second-order valence-electron chi connectivity index (χ2n) is 5.07. The Morgan fingerprint density at radius 1 is 1.33 bits per heavy atom. The molecule has 3 atom stereocenters. The molecule has 114 valence electrons. The maximum atomic E-state index is 11.8. The van der Waals surface area contributed by atoms with Gasteiger partial charge in [-0.2, -0.15) is 0 Å². The highest BCUT2D eigenvalue weighted by Gasteiger charge is 2.32. The third-order valence-electron chi connectivity index (χ3n) is 3.49. The number of carbonyl (C=O) groups excluding carboxylic acids is 1. The molecule has 0 bridgehead atoms. The maximum Gasteiger partial charge on any atom is 0.333 e. The average Bonchev–Trinajstić information content (AvgIpc) is 2.50. The van der Waals surface area contributed by atoms with Crippen molar-refractivity contribution < 1.29 is 19.7 Å². The molecule has 5 nitrogen and oxygen atoms in total. The molecular weight excluding hydrogens is 270 g/mol. The van der Waals surface area contributed by atoms with Gasteiger partial charge in [0, 0.05) is 18.5 Å². The monoisotopic (exact) mass is 291 g/mol. The van der Waals surface area contributed by atoms with Crippen molar-refractivity contribution in [2.24, 2.45) is 0 Å². The van der Waals surface area contributed by atoms with Gasteiger partial charge in [-0.1, -0.05) is 36.4 Å². The Balaban J connectivity index is 2.04. The van der Waals surface area contributed by atoms with E-state index in [0.717, 1.165) is 5.56 Å². The summed E-state index contributed by atoms with van der Waals surface area (Å²) in [5, 5.41) is 23.1. The third-order valence-corrected chi connectivity index (χ3v) is 3.49. The van der Waals surface area contributed by atoms with Crippen LogP contribution in [-0.2, 0) is 16.1 Å². The first kappa shape index (κ1) is 15.7. The number of benzene rings is 1. The van der Waals surface area contributed by atoms with E-state index in [0.29, 0.717) is 12.1 Å². The third kappa shape index (κ3) is 4.14. The summed E-state index contributed by atoms with van der Waals surface area (Å²) in [7, 11) is 0. The number of nitrogens with one attached hydrogen (secondary N) is 1. The Morgan fingerprint density at radius 2 is 2.05 bits per heavy atom. The van der Waals surface area contributed by atoms with Crippen LogP contribution in [-0.4, -0.2) is 41.0 Å². The first-order valence-corrected chi connectivity index (χ1v) is 7.13. The number of aliphatic hydroxyl groups excluding tert-OH is 2. The summed E-state index contributed by atoms with van der Waals surface area (Å²) in [4.78, 5) is 11.8. The fourth-order valence-electron chi connectivity index (χ4n) is 2.36. The summed E-state index contributed by atoms with van der Waals surface area (Å²) < 4.78 is 4.95. The topological polar surface area (TPSA) is 78.8 Å². The number of rotatable bonds is 5. The number of aliphatic hydroxyl groups is 2. The van der Waals surface area contributed by atoms with E-state index in [1.54, 1.807) is 13.0 Å². The molecular formula is C16H21NO4. The Labute approximate surface area is 124 Å². The molecule has 0 radical (unpaired) electrons. The van der Waals surface area contributed by atoms with Crippen molar-refractivity contribution in [3.8, 4) is 0 Å². The molecule has 0 aliphatic heterocycles. The standard InChI is InChI=1S/C16H21NO4/c1-2-21-16(20)12-8-13(15(19)14(18)9-12)17-10-11-6-4-3-5-7-11/h3-8,13-15,17-19H,2,9-10H2,1H3/t13-,14-,15+/m0/s1. The molecule has 0 spiro atoms. The molecule has 0 amide bonds.